The van der Waals surface area contributed by atoms with Crippen LogP contribution in [0.1, 0.15) is 13.8 Å². The summed E-state index contributed by atoms with van der Waals surface area (Å²) in [7, 11) is 3.23. The van der Waals surface area contributed by atoms with Gasteiger partial charge in [-0.2, -0.15) is 0 Å². The van der Waals surface area contributed by atoms with E-state index in [1.165, 1.54) is 36.5 Å². The van der Waals surface area contributed by atoms with Crippen LogP contribution in [0.2, 0.25) is 0 Å². The van der Waals surface area contributed by atoms with Gasteiger partial charge in [0.1, 0.15) is 10.0 Å². The fraction of sp³-hybridized carbons (Fsp3) is 0.121. The number of methoxy groups -OCH3 is 2. The number of hydrogen-bond acceptors (Lipinski definition) is 12. The number of amides is 2. The third-order valence-corrected chi connectivity index (χ3v) is 8.74. The van der Waals surface area contributed by atoms with Crippen molar-refractivity contribution in [1.82, 2.24) is 25.4 Å². The molecule has 0 aliphatic carbocycles. The molecule has 12 nitrogen and oxygen atoms in total. The normalized spacial score (nSPS) is 10.4. The van der Waals surface area contributed by atoms with Crippen molar-refractivity contribution in [1.29, 1.82) is 0 Å². The van der Waals surface area contributed by atoms with Gasteiger partial charge in [-0.25, -0.2) is 0 Å². The maximum atomic E-state index is 11.2. The Morgan fingerprint density at radius 2 is 1.23 bits per heavy atom. The smallest absolute Gasteiger partial charge is 0.223 e. The van der Waals surface area contributed by atoms with Gasteiger partial charge in [0.05, 0.1) is 14.2 Å². The molecule has 3 aromatic carbocycles. The maximum Gasteiger partial charge on any atom is 0.223 e. The zero-order chi connectivity index (χ0) is 34.0. The summed E-state index contributed by atoms with van der Waals surface area (Å²) >= 11 is 6.04. The van der Waals surface area contributed by atoms with Crippen LogP contribution in [-0.4, -0.2) is 51.4 Å². The van der Waals surface area contributed by atoms with Crippen molar-refractivity contribution < 1.29 is 19.1 Å². The topological polar surface area (TPSA) is 153 Å². The Hall–Kier alpha value is -5.25. The Balaban J connectivity index is 0.000000236. The van der Waals surface area contributed by atoms with E-state index in [0.29, 0.717) is 21.8 Å². The van der Waals surface area contributed by atoms with E-state index >= 15 is 0 Å². The Morgan fingerprint density at radius 1 is 0.688 bits per heavy atom. The molecule has 0 spiro atoms. The molecule has 6 aromatic rings. The molecule has 0 saturated heterocycles. The van der Waals surface area contributed by atoms with Gasteiger partial charge >= 0.3 is 0 Å². The molecule has 0 aliphatic heterocycles. The zero-order valence-electron chi connectivity index (χ0n) is 26.1. The summed E-state index contributed by atoms with van der Waals surface area (Å²) in [6, 6.07) is 23.3. The molecule has 15 heteroatoms. The highest BCUT2D eigenvalue weighted by Gasteiger charge is 2.12. The standard InChI is InChI=1S/C23H21N5O3S.C10H8BrN3OS/c1-14(29)25-23-28-27-22(32-23)15-4-7-17(8-5-15)26-19-10-11-24-13-18(19)16-6-9-20(30-2)21(12-16)31-3;1-6(15)12-10-14-13-9(16-10)7-2-4-8(11)5-3-7/h4-13H,1-3H3,(H,24,26)(H,25,28,29);2-5H,1H3,(H,12,14,15). The third kappa shape index (κ3) is 8.96. The van der Waals surface area contributed by atoms with E-state index in [0.717, 1.165) is 48.1 Å². The van der Waals surface area contributed by atoms with E-state index in [2.05, 4.69) is 57.3 Å². The maximum absolute atomic E-state index is 11.2. The summed E-state index contributed by atoms with van der Waals surface area (Å²) in [4.78, 5) is 26.3. The first kappa shape index (κ1) is 34.1. The number of carbonyl (C=O) groups excluding carboxylic acids is 2. The van der Waals surface area contributed by atoms with Crippen LogP contribution >= 0.6 is 38.6 Å². The highest BCUT2D eigenvalue weighted by Crippen LogP contribution is 2.36. The second-order valence-electron chi connectivity index (χ2n) is 9.89. The molecule has 0 fully saturated rings. The molecule has 0 radical (unpaired) electrons. The quantitative estimate of drug-likeness (QED) is 0.133. The molecule has 0 unspecified atom stereocenters. The van der Waals surface area contributed by atoms with Gasteiger partial charge in [0, 0.05) is 58.8 Å². The van der Waals surface area contributed by atoms with Crippen LogP contribution in [0.4, 0.5) is 21.6 Å². The molecule has 6 rings (SSSR count). The van der Waals surface area contributed by atoms with Crippen molar-refractivity contribution in [3.8, 4) is 43.8 Å². The monoisotopic (exact) mass is 744 g/mol. The van der Waals surface area contributed by atoms with Crippen LogP contribution in [-0.2, 0) is 9.59 Å². The lowest BCUT2D eigenvalue weighted by Gasteiger charge is -2.14. The van der Waals surface area contributed by atoms with Gasteiger partial charge in [0.25, 0.3) is 0 Å². The number of aromatic nitrogens is 5. The lowest BCUT2D eigenvalue weighted by atomic mass is 10.0. The lowest BCUT2D eigenvalue weighted by molar-refractivity contribution is -0.115. The molecular weight excluding hydrogens is 716 g/mol. The van der Waals surface area contributed by atoms with Gasteiger partial charge in [-0.15, -0.1) is 20.4 Å². The molecule has 3 heterocycles. The van der Waals surface area contributed by atoms with Gasteiger partial charge in [0.15, 0.2) is 11.5 Å². The predicted octanol–water partition coefficient (Wildman–Crippen LogP) is 7.91. The summed E-state index contributed by atoms with van der Waals surface area (Å²) < 4.78 is 11.8. The van der Waals surface area contributed by atoms with Gasteiger partial charge in [0.2, 0.25) is 22.1 Å². The average Bonchev–Trinajstić information content (AvgIpc) is 3.75. The van der Waals surface area contributed by atoms with Gasteiger partial charge in [-0.05, 0) is 60.2 Å². The van der Waals surface area contributed by atoms with Crippen LogP contribution in [0.5, 0.6) is 11.5 Å². The van der Waals surface area contributed by atoms with E-state index in [1.54, 1.807) is 20.4 Å². The van der Waals surface area contributed by atoms with E-state index in [1.807, 2.05) is 79.0 Å². The SMILES string of the molecule is CC(=O)Nc1nnc(-c2ccc(Br)cc2)s1.COc1ccc(-c2cnccc2Nc2ccc(-c3nnc(NC(C)=O)s3)cc2)cc1OC. The molecule has 0 bridgehead atoms. The van der Waals surface area contributed by atoms with E-state index in [4.69, 9.17) is 9.47 Å². The summed E-state index contributed by atoms with van der Waals surface area (Å²) in [5.74, 6) is 1.01. The zero-order valence-corrected chi connectivity index (χ0v) is 29.4. The highest BCUT2D eigenvalue weighted by atomic mass is 79.9. The van der Waals surface area contributed by atoms with Crippen molar-refractivity contribution in [3.05, 3.63) is 89.7 Å². The number of halogens is 1. The first-order valence-electron chi connectivity index (χ1n) is 14.2. The number of hydrogen-bond donors (Lipinski definition) is 3. The van der Waals surface area contributed by atoms with Crippen LogP contribution in [0.15, 0.2) is 89.7 Å². The Labute approximate surface area is 292 Å². The second kappa shape index (κ2) is 16.0. The molecule has 3 N–H and O–H groups in total. The number of carbonyl (C=O) groups is 2. The predicted molar refractivity (Wildman–Crippen MR) is 193 cm³/mol. The molecule has 0 atom stereocenters. The molecule has 48 heavy (non-hydrogen) atoms. The number of ether oxygens (including phenoxy) is 2. The van der Waals surface area contributed by atoms with Crippen molar-refractivity contribution in [2.45, 2.75) is 13.8 Å². The molecule has 3 aromatic heterocycles. The number of pyridine rings is 1. The Bertz CT molecular complexity index is 2020. The molecular formula is C33H29BrN8O4S2. The lowest BCUT2D eigenvalue weighted by Crippen LogP contribution is -2.04. The number of benzene rings is 3. The van der Waals surface area contributed by atoms with Crippen LogP contribution in [0.3, 0.4) is 0 Å². The molecule has 2 amide bonds. The first-order valence-corrected chi connectivity index (χ1v) is 16.7. The van der Waals surface area contributed by atoms with E-state index in [9.17, 15) is 9.59 Å². The number of nitrogens with zero attached hydrogens (tertiary/aromatic N) is 5. The van der Waals surface area contributed by atoms with Gasteiger partial charge in [-0.1, -0.05) is 56.8 Å². The number of rotatable bonds is 9. The summed E-state index contributed by atoms with van der Waals surface area (Å²) in [6.45, 7) is 2.89. The Morgan fingerprint density at radius 3 is 1.77 bits per heavy atom. The van der Waals surface area contributed by atoms with Gasteiger partial charge < -0.3 is 25.4 Å². The summed E-state index contributed by atoms with van der Waals surface area (Å²) in [6.07, 6.45) is 3.55. The summed E-state index contributed by atoms with van der Waals surface area (Å²) in [5, 5.41) is 27.2. The summed E-state index contributed by atoms with van der Waals surface area (Å²) in [5.41, 5.74) is 5.60. The second-order valence-corrected chi connectivity index (χ2v) is 12.8. The Kier molecular flexibility index (Phi) is 11.4. The number of nitrogens with one attached hydrogen (secondary N) is 3. The minimum atomic E-state index is -0.171. The van der Waals surface area contributed by atoms with E-state index in [-0.39, 0.29) is 11.8 Å². The largest absolute Gasteiger partial charge is 0.493 e. The minimum Gasteiger partial charge on any atom is -0.493 e. The third-order valence-electron chi connectivity index (χ3n) is 6.43. The van der Waals surface area contributed by atoms with Crippen molar-refractivity contribution in [3.63, 3.8) is 0 Å². The fourth-order valence-electron chi connectivity index (χ4n) is 4.26. The van der Waals surface area contributed by atoms with Crippen molar-refractivity contribution in [2.75, 3.05) is 30.2 Å². The number of anilines is 4. The van der Waals surface area contributed by atoms with Crippen molar-refractivity contribution >= 4 is 72.1 Å². The van der Waals surface area contributed by atoms with E-state index < -0.39 is 0 Å². The van der Waals surface area contributed by atoms with Crippen molar-refractivity contribution in [2.24, 2.45) is 0 Å². The highest BCUT2D eigenvalue weighted by molar-refractivity contribution is 9.10. The minimum absolute atomic E-state index is 0.140. The van der Waals surface area contributed by atoms with Crippen LogP contribution in [0, 0.1) is 0 Å². The molecule has 244 valence electrons. The van der Waals surface area contributed by atoms with Crippen LogP contribution in [0.25, 0.3) is 32.3 Å². The molecule has 0 aliphatic rings. The van der Waals surface area contributed by atoms with Crippen LogP contribution < -0.4 is 25.4 Å². The average molecular weight is 746 g/mol. The first-order chi connectivity index (χ1) is 23.2. The fourth-order valence-corrected chi connectivity index (χ4v) is 6.12. The van der Waals surface area contributed by atoms with Gasteiger partial charge in [-0.3, -0.25) is 14.6 Å². The molecule has 0 saturated carbocycles.